The number of hydrogen-bond acceptors (Lipinski definition) is 5. The van der Waals surface area contributed by atoms with Gasteiger partial charge in [-0.25, -0.2) is 4.98 Å². The van der Waals surface area contributed by atoms with Crippen LogP contribution in [0.3, 0.4) is 0 Å². The van der Waals surface area contributed by atoms with Crippen LogP contribution >= 0.6 is 0 Å². The van der Waals surface area contributed by atoms with Crippen molar-refractivity contribution in [3.05, 3.63) is 77.6 Å². The Kier molecular flexibility index (Phi) is 4.86. The number of aryl methyl sites for hydroxylation is 1. The zero-order valence-corrected chi connectivity index (χ0v) is 13.3. The normalized spacial score (nSPS) is 10.4. The first-order valence-corrected chi connectivity index (χ1v) is 7.63. The van der Waals surface area contributed by atoms with Gasteiger partial charge in [0.2, 0.25) is 0 Å². The van der Waals surface area contributed by atoms with Crippen LogP contribution in [0.4, 0.5) is 5.82 Å². The van der Waals surface area contributed by atoms with Crippen LogP contribution in [0.1, 0.15) is 27.4 Å². The van der Waals surface area contributed by atoms with Gasteiger partial charge in [0.15, 0.2) is 0 Å². The predicted molar refractivity (Wildman–Crippen MR) is 90.4 cm³/mol. The van der Waals surface area contributed by atoms with E-state index in [0.29, 0.717) is 30.2 Å². The van der Waals surface area contributed by atoms with Gasteiger partial charge >= 0.3 is 0 Å². The van der Waals surface area contributed by atoms with Gasteiger partial charge in [0.05, 0.1) is 18.4 Å². The highest BCUT2D eigenvalue weighted by Crippen LogP contribution is 2.15. The summed E-state index contributed by atoms with van der Waals surface area (Å²) in [5, 5.41) is 6.04. The molecule has 6 heteroatoms. The number of amides is 1. The van der Waals surface area contributed by atoms with Crippen LogP contribution in [0.2, 0.25) is 0 Å². The summed E-state index contributed by atoms with van der Waals surface area (Å²) in [5.74, 6) is 1.05. The third-order valence-electron chi connectivity index (χ3n) is 3.47. The summed E-state index contributed by atoms with van der Waals surface area (Å²) < 4.78 is 5.22. The van der Waals surface area contributed by atoms with Crippen LogP contribution in [0.15, 0.2) is 59.5 Å². The maximum Gasteiger partial charge on any atom is 0.255 e. The van der Waals surface area contributed by atoms with Crippen molar-refractivity contribution in [2.75, 3.05) is 5.32 Å². The molecule has 0 aliphatic heterocycles. The summed E-state index contributed by atoms with van der Waals surface area (Å²) >= 11 is 0. The molecular weight excluding hydrogens is 304 g/mol. The third kappa shape index (κ3) is 3.98. The molecule has 0 fully saturated rings. The van der Waals surface area contributed by atoms with Gasteiger partial charge in [-0.05, 0) is 42.8 Å². The van der Waals surface area contributed by atoms with Crippen LogP contribution in [-0.4, -0.2) is 15.9 Å². The first-order chi connectivity index (χ1) is 11.7. The fourth-order valence-corrected chi connectivity index (χ4v) is 2.24. The minimum Gasteiger partial charge on any atom is -0.467 e. The summed E-state index contributed by atoms with van der Waals surface area (Å²) in [5.41, 5.74) is 2.35. The van der Waals surface area contributed by atoms with Crippen molar-refractivity contribution >= 4 is 11.7 Å². The van der Waals surface area contributed by atoms with Crippen molar-refractivity contribution in [1.29, 1.82) is 0 Å². The van der Waals surface area contributed by atoms with Crippen molar-refractivity contribution in [2.24, 2.45) is 0 Å². The van der Waals surface area contributed by atoms with E-state index in [-0.39, 0.29) is 5.91 Å². The fraction of sp³-hybridized carbons (Fsp3) is 0.167. The van der Waals surface area contributed by atoms with E-state index < -0.39 is 0 Å². The molecule has 24 heavy (non-hydrogen) atoms. The lowest BCUT2D eigenvalue weighted by molar-refractivity contribution is 0.0948. The number of carbonyl (C=O) groups excluding carboxylic acids is 1. The highest BCUT2D eigenvalue weighted by molar-refractivity contribution is 5.98. The van der Waals surface area contributed by atoms with Crippen molar-refractivity contribution in [3.8, 4) is 0 Å². The molecule has 0 spiro atoms. The summed E-state index contributed by atoms with van der Waals surface area (Å²) in [6.07, 6.45) is 5.08. The van der Waals surface area contributed by atoms with Gasteiger partial charge in [0.25, 0.3) is 5.91 Å². The van der Waals surface area contributed by atoms with Gasteiger partial charge in [-0.15, -0.1) is 0 Å². The van der Waals surface area contributed by atoms with Crippen LogP contribution in [0.5, 0.6) is 0 Å². The minimum atomic E-state index is -0.201. The first kappa shape index (κ1) is 15.7. The van der Waals surface area contributed by atoms with E-state index in [2.05, 4.69) is 20.6 Å². The van der Waals surface area contributed by atoms with E-state index in [0.717, 1.165) is 11.3 Å². The van der Waals surface area contributed by atoms with Crippen LogP contribution in [-0.2, 0) is 13.1 Å². The van der Waals surface area contributed by atoms with E-state index in [1.54, 1.807) is 30.8 Å². The number of hydrogen-bond donors (Lipinski definition) is 2. The second-order valence-corrected chi connectivity index (χ2v) is 5.33. The Labute approximate surface area is 140 Å². The summed E-state index contributed by atoms with van der Waals surface area (Å²) in [4.78, 5) is 21.0. The lowest BCUT2D eigenvalue weighted by atomic mass is 10.2. The molecule has 3 aromatic heterocycles. The fourth-order valence-electron chi connectivity index (χ4n) is 2.24. The Bertz CT molecular complexity index is 801. The number of anilines is 1. The minimum absolute atomic E-state index is 0.201. The van der Waals surface area contributed by atoms with Gasteiger partial charge in [0.1, 0.15) is 11.6 Å². The first-order valence-electron chi connectivity index (χ1n) is 7.63. The molecular formula is C18H18N4O2. The summed E-state index contributed by atoms with van der Waals surface area (Å²) in [7, 11) is 0. The molecule has 3 heterocycles. The smallest absolute Gasteiger partial charge is 0.255 e. The highest BCUT2D eigenvalue weighted by Gasteiger charge is 2.13. The lowest BCUT2D eigenvalue weighted by Gasteiger charge is -2.12. The second-order valence-electron chi connectivity index (χ2n) is 5.33. The summed E-state index contributed by atoms with van der Waals surface area (Å²) in [6, 6.07) is 11.0. The number of nitrogens with one attached hydrogen (secondary N) is 2. The predicted octanol–water partition coefficient (Wildman–Crippen LogP) is 2.92. The Hall–Kier alpha value is -3.15. The number of rotatable bonds is 6. The van der Waals surface area contributed by atoms with E-state index in [1.807, 2.05) is 31.2 Å². The molecule has 6 nitrogen and oxygen atoms in total. The van der Waals surface area contributed by atoms with Crippen molar-refractivity contribution in [3.63, 3.8) is 0 Å². The molecule has 0 aliphatic carbocycles. The molecule has 122 valence electrons. The average Bonchev–Trinajstić information content (AvgIpc) is 3.12. The monoisotopic (exact) mass is 322 g/mol. The average molecular weight is 322 g/mol. The Morgan fingerprint density at radius 3 is 2.83 bits per heavy atom. The lowest BCUT2D eigenvalue weighted by Crippen LogP contribution is -2.24. The van der Waals surface area contributed by atoms with Gasteiger partial charge < -0.3 is 15.1 Å². The Morgan fingerprint density at radius 2 is 2.08 bits per heavy atom. The van der Waals surface area contributed by atoms with Crippen LogP contribution < -0.4 is 10.6 Å². The third-order valence-corrected chi connectivity index (χ3v) is 3.47. The zero-order valence-electron chi connectivity index (χ0n) is 13.3. The van der Waals surface area contributed by atoms with E-state index >= 15 is 0 Å². The molecule has 0 saturated carbocycles. The summed E-state index contributed by atoms with van der Waals surface area (Å²) in [6.45, 7) is 2.77. The highest BCUT2D eigenvalue weighted by atomic mass is 16.3. The largest absolute Gasteiger partial charge is 0.467 e. The molecule has 0 aromatic carbocycles. The van der Waals surface area contributed by atoms with Gasteiger partial charge in [-0.2, -0.15) is 0 Å². The molecule has 3 aromatic rings. The quantitative estimate of drug-likeness (QED) is 0.729. The number of carbonyl (C=O) groups is 1. The van der Waals surface area contributed by atoms with Crippen molar-refractivity contribution in [1.82, 2.24) is 15.3 Å². The Balaban J connectivity index is 1.71. The van der Waals surface area contributed by atoms with E-state index in [4.69, 9.17) is 4.42 Å². The van der Waals surface area contributed by atoms with Crippen LogP contribution in [0.25, 0.3) is 0 Å². The van der Waals surface area contributed by atoms with E-state index in [9.17, 15) is 4.79 Å². The molecule has 0 bridgehead atoms. The van der Waals surface area contributed by atoms with Gasteiger partial charge in [-0.3, -0.25) is 9.78 Å². The molecule has 0 saturated heterocycles. The molecule has 0 radical (unpaired) electrons. The number of pyridine rings is 2. The molecule has 0 atom stereocenters. The second kappa shape index (κ2) is 7.41. The molecule has 2 N–H and O–H groups in total. The van der Waals surface area contributed by atoms with Crippen molar-refractivity contribution in [2.45, 2.75) is 20.0 Å². The maximum atomic E-state index is 12.4. The van der Waals surface area contributed by atoms with Crippen molar-refractivity contribution < 1.29 is 9.21 Å². The molecule has 1 amide bonds. The standard InChI is InChI=1S/C18H18N4O2/c1-13-6-7-16(18(23)21-12-15-5-3-9-24-15)17(22-13)20-11-14-4-2-8-19-10-14/h2-10H,11-12H2,1H3,(H,20,22)(H,21,23). The molecule has 0 aliphatic rings. The van der Waals surface area contributed by atoms with Crippen LogP contribution in [0, 0.1) is 6.92 Å². The topological polar surface area (TPSA) is 80.0 Å². The Morgan fingerprint density at radius 1 is 1.17 bits per heavy atom. The number of nitrogens with zero attached hydrogens (tertiary/aromatic N) is 2. The zero-order chi connectivity index (χ0) is 16.8. The maximum absolute atomic E-state index is 12.4. The molecule has 3 rings (SSSR count). The SMILES string of the molecule is Cc1ccc(C(=O)NCc2ccco2)c(NCc2cccnc2)n1. The van der Waals surface area contributed by atoms with Gasteiger partial charge in [0, 0.05) is 24.6 Å². The van der Waals surface area contributed by atoms with E-state index in [1.165, 1.54) is 0 Å². The number of furan rings is 1. The van der Waals surface area contributed by atoms with Gasteiger partial charge in [-0.1, -0.05) is 6.07 Å². The molecule has 0 unspecified atom stereocenters. The number of aromatic nitrogens is 2.